The Bertz CT molecular complexity index is 225. The molecule has 0 saturated heterocycles. The number of aliphatic carboxylic acids is 1. The summed E-state index contributed by atoms with van der Waals surface area (Å²) >= 11 is 0. The summed E-state index contributed by atoms with van der Waals surface area (Å²) in [6.07, 6.45) is 2.07. The molecule has 0 saturated carbocycles. The van der Waals surface area contributed by atoms with Crippen LogP contribution in [0.25, 0.3) is 0 Å². The van der Waals surface area contributed by atoms with Crippen molar-refractivity contribution in [2.24, 2.45) is 0 Å². The van der Waals surface area contributed by atoms with E-state index in [1.165, 1.54) is 13.0 Å². The predicted molar refractivity (Wildman–Crippen MR) is 49.3 cm³/mol. The molecule has 0 rings (SSSR count). The first-order valence-electron chi connectivity index (χ1n) is 4.11. The molecule has 2 N–H and O–H groups in total. The second-order valence-corrected chi connectivity index (χ2v) is 2.91. The van der Waals surface area contributed by atoms with Gasteiger partial charge in [0.25, 0.3) is 0 Å². The van der Waals surface area contributed by atoms with E-state index in [0.29, 0.717) is 6.42 Å². The Balaban J connectivity index is 4.73. The number of carbonyl (C=O) groups is 2. The maximum absolute atomic E-state index is 10.9. The van der Waals surface area contributed by atoms with E-state index >= 15 is 0 Å². The second-order valence-electron chi connectivity index (χ2n) is 2.91. The molecular formula is C9H15NO3. The Labute approximate surface area is 77.6 Å². The zero-order valence-electron chi connectivity index (χ0n) is 7.96. The molecule has 13 heavy (non-hydrogen) atoms. The van der Waals surface area contributed by atoms with E-state index in [-0.39, 0.29) is 12.3 Å². The molecule has 0 spiro atoms. The topological polar surface area (TPSA) is 66.4 Å². The van der Waals surface area contributed by atoms with Crippen molar-refractivity contribution in [3.8, 4) is 0 Å². The number of carbonyl (C=O) groups excluding carboxylic acids is 1. The van der Waals surface area contributed by atoms with Crippen molar-refractivity contribution in [2.75, 3.05) is 0 Å². The average molecular weight is 185 g/mol. The van der Waals surface area contributed by atoms with Gasteiger partial charge in [-0.2, -0.15) is 0 Å². The van der Waals surface area contributed by atoms with E-state index in [1.54, 1.807) is 6.92 Å². The Morgan fingerprint density at radius 2 is 2.15 bits per heavy atom. The summed E-state index contributed by atoms with van der Waals surface area (Å²) in [5, 5.41) is 11.4. The van der Waals surface area contributed by atoms with Gasteiger partial charge in [0.15, 0.2) is 0 Å². The highest BCUT2D eigenvalue weighted by molar-refractivity contribution is 5.86. The summed E-state index contributed by atoms with van der Waals surface area (Å²) in [5.74, 6) is -1.36. The summed E-state index contributed by atoms with van der Waals surface area (Å²) in [6, 6.07) is 0. The molecule has 1 unspecified atom stereocenters. The Hall–Kier alpha value is -1.32. The normalized spacial score (nSPS) is 14.3. The lowest BCUT2D eigenvalue weighted by Crippen LogP contribution is -2.53. The Morgan fingerprint density at radius 1 is 1.62 bits per heavy atom. The third kappa shape index (κ3) is 2.89. The first kappa shape index (κ1) is 11.7. The van der Waals surface area contributed by atoms with E-state index in [9.17, 15) is 9.59 Å². The van der Waals surface area contributed by atoms with Crippen LogP contribution in [0.1, 0.15) is 26.7 Å². The van der Waals surface area contributed by atoms with E-state index in [0.717, 1.165) is 0 Å². The minimum atomic E-state index is -1.19. The second kappa shape index (κ2) is 4.64. The third-order valence-corrected chi connectivity index (χ3v) is 1.92. The van der Waals surface area contributed by atoms with Crippen molar-refractivity contribution in [3.63, 3.8) is 0 Å². The SMILES string of the molecule is C=CCC(CC)(NC(C)=O)C(=O)O. The molecule has 0 heterocycles. The molecule has 0 aliphatic heterocycles. The molecule has 0 fully saturated rings. The van der Waals surface area contributed by atoms with E-state index in [1.807, 2.05) is 0 Å². The first-order chi connectivity index (χ1) is 5.98. The van der Waals surface area contributed by atoms with Crippen LogP contribution in [-0.4, -0.2) is 22.5 Å². The quantitative estimate of drug-likeness (QED) is 0.626. The summed E-state index contributed by atoms with van der Waals surface area (Å²) in [7, 11) is 0. The maximum Gasteiger partial charge on any atom is 0.329 e. The minimum absolute atomic E-state index is 0.235. The summed E-state index contributed by atoms with van der Waals surface area (Å²) < 4.78 is 0. The summed E-state index contributed by atoms with van der Waals surface area (Å²) in [4.78, 5) is 21.7. The van der Waals surface area contributed by atoms with Crippen molar-refractivity contribution < 1.29 is 14.7 Å². The van der Waals surface area contributed by atoms with Gasteiger partial charge in [-0.25, -0.2) is 4.79 Å². The minimum Gasteiger partial charge on any atom is -0.479 e. The number of amides is 1. The number of carboxylic acid groups (broad SMARTS) is 1. The highest BCUT2D eigenvalue weighted by atomic mass is 16.4. The van der Waals surface area contributed by atoms with Crippen molar-refractivity contribution >= 4 is 11.9 Å². The number of carboxylic acids is 1. The fourth-order valence-electron chi connectivity index (χ4n) is 1.16. The molecule has 74 valence electrons. The maximum atomic E-state index is 10.9. The van der Waals surface area contributed by atoms with Crippen LogP contribution in [0.15, 0.2) is 12.7 Å². The van der Waals surface area contributed by atoms with Gasteiger partial charge in [0, 0.05) is 6.92 Å². The number of hydrogen-bond acceptors (Lipinski definition) is 2. The van der Waals surface area contributed by atoms with E-state index in [4.69, 9.17) is 5.11 Å². The van der Waals surface area contributed by atoms with Crippen molar-refractivity contribution in [3.05, 3.63) is 12.7 Å². The summed E-state index contributed by atoms with van der Waals surface area (Å²) in [6.45, 7) is 6.49. The average Bonchev–Trinajstić information content (AvgIpc) is 2.02. The molecular weight excluding hydrogens is 170 g/mol. The third-order valence-electron chi connectivity index (χ3n) is 1.92. The van der Waals surface area contributed by atoms with Gasteiger partial charge in [-0.3, -0.25) is 4.79 Å². The van der Waals surface area contributed by atoms with Crippen LogP contribution >= 0.6 is 0 Å². The lowest BCUT2D eigenvalue weighted by Gasteiger charge is -2.27. The zero-order valence-corrected chi connectivity index (χ0v) is 7.96. The van der Waals surface area contributed by atoms with Gasteiger partial charge in [-0.05, 0) is 12.8 Å². The number of nitrogens with one attached hydrogen (secondary N) is 1. The van der Waals surface area contributed by atoms with Gasteiger partial charge in [-0.15, -0.1) is 6.58 Å². The Kier molecular flexibility index (Phi) is 4.17. The van der Waals surface area contributed by atoms with Crippen LogP contribution in [0.5, 0.6) is 0 Å². The largest absolute Gasteiger partial charge is 0.479 e. The van der Waals surface area contributed by atoms with Crippen LogP contribution in [-0.2, 0) is 9.59 Å². The molecule has 0 aliphatic carbocycles. The first-order valence-corrected chi connectivity index (χ1v) is 4.11. The van der Waals surface area contributed by atoms with Crippen LogP contribution < -0.4 is 5.32 Å². The fourth-order valence-corrected chi connectivity index (χ4v) is 1.16. The standard InChI is InChI=1S/C9H15NO3/c1-4-6-9(5-2,8(12)13)10-7(3)11/h4H,1,5-6H2,2-3H3,(H,10,11)(H,12,13). The molecule has 0 aliphatic rings. The van der Waals surface area contributed by atoms with Crippen molar-refractivity contribution in [1.82, 2.24) is 5.32 Å². The van der Waals surface area contributed by atoms with Gasteiger partial charge in [0.2, 0.25) is 5.91 Å². The van der Waals surface area contributed by atoms with Gasteiger partial charge < -0.3 is 10.4 Å². The zero-order chi connectivity index (χ0) is 10.5. The molecule has 0 bridgehead atoms. The van der Waals surface area contributed by atoms with Crippen LogP contribution in [0.4, 0.5) is 0 Å². The monoisotopic (exact) mass is 185 g/mol. The van der Waals surface area contributed by atoms with E-state index < -0.39 is 11.5 Å². The van der Waals surface area contributed by atoms with Crippen molar-refractivity contribution in [1.29, 1.82) is 0 Å². The molecule has 0 radical (unpaired) electrons. The van der Waals surface area contributed by atoms with Gasteiger partial charge in [0.05, 0.1) is 0 Å². The van der Waals surface area contributed by atoms with Gasteiger partial charge >= 0.3 is 5.97 Å². The van der Waals surface area contributed by atoms with Crippen LogP contribution in [0.3, 0.4) is 0 Å². The molecule has 0 aromatic rings. The smallest absolute Gasteiger partial charge is 0.329 e. The highest BCUT2D eigenvalue weighted by Gasteiger charge is 2.35. The highest BCUT2D eigenvalue weighted by Crippen LogP contribution is 2.16. The van der Waals surface area contributed by atoms with Gasteiger partial charge in [0.1, 0.15) is 5.54 Å². The Morgan fingerprint density at radius 3 is 2.38 bits per heavy atom. The van der Waals surface area contributed by atoms with Crippen LogP contribution in [0.2, 0.25) is 0 Å². The molecule has 4 heteroatoms. The predicted octanol–water partition coefficient (Wildman–Crippen LogP) is 0.932. The molecule has 1 atom stereocenters. The molecule has 4 nitrogen and oxygen atoms in total. The van der Waals surface area contributed by atoms with Gasteiger partial charge in [-0.1, -0.05) is 13.0 Å². The lowest BCUT2D eigenvalue weighted by atomic mass is 9.92. The van der Waals surface area contributed by atoms with E-state index in [2.05, 4.69) is 11.9 Å². The molecule has 0 aromatic carbocycles. The van der Waals surface area contributed by atoms with Crippen molar-refractivity contribution in [2.45, 2.75) is 32.2 Å². The molecule has 0 aromatic heterocycles. The summed E-state index contributed by atoms with van der Waals surface area (Å²) in [5.41, 5.74) is -1.19. The fraction of sp³-hybridized carbons (Fsp3) is 0.556. The lowest BCUT2D eigenvalue weighted by molar-refractivity contribution is -0.147. The molecule has 1 amide bonds. The number of hydrogen-bond donors (Lipinski definition) is 2. The number of rotatable bonds is 5. The van der Waals surface area contributed by atoms with Crippen LogP contribution in [0, 0.1) is 0 Å².